The molecule has 6 heteroatoms. The van der Waals surface area contributed by atoms with Crippen molar-refractivity contribution in [2.75, 3.05) is 25.2 Å². The minimum absolute atomic E-state index is 0.0935. The molecule has 0 unspecified atom stereocenters. The smallest absolute Gasteiger partial charge is 0.225 e. The average molecular weight is 215 g/mol. The van der Waals surface area contributed by atoms with Crippen LogP contribution in [-0.4, -0.2) is 42.4 Å². The van der Waals surface area contributed by atoms with Gasteiger partial charge in [-0.1, -0.05) is 0 Å². The average Bonchev–Trinajstić information content (AvgIpc) is 2.65. The Morgan fingerprint density at radius 3 is 2.60 bits per heavy atom. The van der Waals surface area contributed by atoms with E-state index in [0.29, 0.717) is 12.6 Å². The van der Waals surface area contributed by atoms with Crippen molar-refractivity contribution in [3.05, 3.63) is 18.2 Å². The standard InChI is InChI=1S/C9H11F2N3O/c1-14(8-5-15-4-7(8)11)9-12-2-6(10)3-13-9/h2-3,7-8H,4-5H2,1H3/t7-,8-/m1/s1. The van der Waals surface area contributed by atoms with E-state index in [9.17, 15) is 8.78 Å². The van der Waals surface area contributed by atoms with Gasteiger partial charge in [-0.05, 0) is 0 Å². The van der Waals surface area contributed by atoms with Gasteiger partial charge in [0.1, 0.15) is 6.17 Å². The number of hydrogen-bond donors (Lipinski definition) is 0. The van der Waals surface area contributed by atoms with Gasteiger partial charge in [0.25, 0.3) is 0 Å². The molecule has 0 aromatic carbocycles. The lowest BCUT2D eigenvalue weighted by molar-refractivity contribution is 0.173. The Hall–Kier alpha value is -1.30. The fourth-order valence-electron chi connectivity index (χ4n) is 1.51. The summed E-state index contributed by atoms with van der Waals surface area (Å²) in [5, 5.41) is 0. The Morgan fingerprint density at radius 2 is 2.07 bits per heavy atom. The number of ether oxygens (including phenoxy) is 1. The van der Waals surface area contributed by atoms with Gasteiger partial charge < -0.3 is 9.64 Å². The number of likely N-dealkylation sites (N-methyl/N-ethyl adjacent to an activating group) is 1. The second-order valence-electron chi connectivity index (χ2n) is 3.43. The van der Waals surface area contributed by atoms with Crippen LogP contribution >= 0.6 is 0 Å². The molecule has 1 aromatic rings. The molecule has 1 aromatic heterocycles. The summed E-state index contributed by atoms with van der Waals surface area (Å²) in [5.74, 6) is -0.207. The Morgan fingerprint density at radius 1 is 1.40 bits per heavy atom. The van der Waals surface area contributed by atoms with Crippen molar-refractivity contribution in [3.8, 4) is 0 Å². The molecule has 4 nitrogen and oxygen atoms in total. The Bertz CT molecular complexity index is 333. The predicted octanol–water partition coefficient (Wildman–Crippen LogP) is 0.789. The zero-order chi connectivity index (χ0) is 10.8. The highest BCUT2D eigenvalue weighted by Gasteiger charge is 2.32. The predicted molar refractivity (Wildman–Crippen MR) is 49.9 cm³/mol. The zero-order valence-corrected chi connectivity index (χ0v) is 8.23. The van der Waals surface area contributed by atoms with Gasteiger partial charge in [-0.15, -0.1) is 0 Å². The zero-order valence-electron chi connectivity index (χ0n) is 8.23. The summed E-state index contributed by atoms with van der Waals surface area (Å²) in [7, 11) is 1.67. The van der Waals surface area contributed by atoms with Crippen LogP contribution in [0.3, 0.4) is 0 Å². The Kier molecular flexibility index (Phi) is 2.77. The van der Waals surface area contributed by atoms with E-state index in [1.54, 1.807) is 11.9 Å². The largest absolute Gasteiger partial charge is 0.376 e. The van der Waals surface area contributed by atoms with Crippen molar-refractivity contribution in [2.45, 2.75) is 12.2 Å². The van der Waals surface area contributed by atoms with Crippen LogP contribution in [0.4, 0.5) is 14.7 Å². The number of hydrogen-bond acceptors (Lipinski definition) is 4. The molecule has 2 rings (SSSR count). The van der Waals surface area contributed by atoms with Crippen LogP contribution < -0.4 is 4.90 Å². The molecule has 0 N–H and O–H groups in total. The second kappa shape index (κ2) is 4.06. The van der Waals surface area contributed by atoms with Gasteiger partial charge >= 0.3 is 0 Å². The van der Waals surface area contributed by atoms with Gasteiger partial charge in [-0.25, -0.2) is 18.7 Å². The van der Waals surface area contributed by atoms with Gasteiger partial charge in [0, 0.05) is 7.05 Å². The number of aromatic nitrogens is 2. The number of anilines is 1. The lowest BCUT2D eigenvalue weighted by Crippen LogP contribution is -2.39. The molecule has 1 saturated heterocycles. The first kappa shape index (κ1) is 10.2. The minimum atomic E-state index is -1.05. The first-order valence-electron chi connectivity index (χ1n) is 4.60. The summed E-state index contributed by atoms with van der Waals surface area (Å²) in [5.41, 5.74) is 0. The van der Waals surface area contributed by atoms with Crippen molar-refractivity contribution in [3.63, 3.8) is 0 Å². The normalized spacial score (nSPS) is 25.5. The quantitative estimate of drug-likeness (QED) is 0.731. The van der Waals surface area contributed by atoms with Gasteiger partial charge in [0.15, 0.2) is 5.82 Å². The van der Waals surface area contributed by atoms with Crippen molar-refractivity contribution < 1.29 is 13.5 Å². The van der Waals surface area contributed by atoms with Crippen molar-refractivity contribution in [2.24, 2.45) is 0 Å². The molecular formula is C9H11F2N3O. The molecule has 0 aliphatic carbocycles. The second-order valence-corrected chi connectivity index (χ2v) is 3.43. The number of rotatable bonds is 2. The minimum Gasteiger partial charge on any atom is -0.376 e. The maximum Gasteiger partial charge on any atom is 0.225 e. The summed E-state index contributed by atoms with van der Waals surface area (Å²) in [6.45, 7) is 0.397. The van der Waals surface area contributed by atoms with Crippen LogP contribution in [0.1, 0.15) is 0 Å². The highest BCUT2D eigenvalue weighted by atomic mass is 19.1. The van der Waals surface area contributed by atoms with Crippen LogP contribution in [0.25, 0.3) is 0 Å². The molecule has 2 heterocycles. The number of nitrogens with zero attached hydrogens (tertiary/aromatic N) is 3. The highest BCUT2D eigenvalue weighted by Crippen LogP contribution is 2.18. The van der Waals surface area contributed by atoms with Gasteiger partial charge in [0.05, 0.1) is 31.6 Å². The van der Waals surface area contributed by atoms with Gasteiger partial charge in [0.2, 0.25) is 5.95 Å². The van der Waals surface area contributed by atoms with Crippen LogP contribution in [0, 0.1) is 5.82 Å². The SMILES string of the molecule is CN(c1ncc(F)cn1)[C@@H]1COC[C@H]1F. The van der Waals surface area contributed by atoms with Gasteiger partial charge in [-0.3, -0.25) is 0 Å². The molecule has 0 spiro atoms. The van der Waals surface area contributed by atoms with E-state index >= 15 is 0 Å². The molecule has 1 aliphatic rings. The molecule has 2 atom stereocenters. The Labute approximate surface area is 85.9 Å². The molecule has 15 heavy (non-hydrogen) atoms. The van der Waals surface area contributed by atoms with E-state index in [4.69, 9.17) is 4.74 Å². The lowest BCUT2D eigenvalue weighted by Gasteiger charge is -2.24. The summed E-state index contributed by atoms with van der Waals surface area (Å²) < 4.78 is 30.9. The fourth-order valence-corrected chi connectivity index (χ4v) is 1.51. The Balaban J connectivity index is 2.13. The van der Waals surface area contributed by atoms with Crippen molar-refractivity contribution in [1.82, 2.24) is 9.97 Å². The lowest BCUT2D eigenvalue weighted by atomic mass is 10.2. The van der Waals surface area contributed by atoms with E-state index in [-0.39, 0.29) is 6.61 Å². The van der Waals surface area contributed by atoms with Crippen LogP contribution in [0.15, 0.2) is 12.4 Å². The van der Waals surface area contributed by atoms with E-state index in [0.717, 1.165) is 12.4 Å². The molecule has 0 saturated carbocycles. The molecule has 0 radical (unpaired) electrons. The molecule has 0 bridgehead atoms. The van der Waals surface area contributed by atoms with E-state index in [1.807, 2.05) is 0 Å². The van der Waals surface area contributed by atoms with E-state index < -0.39 is 18.0 Å². The third-order valence-electron chi connectivity index (χ3n) is 2.40. The highest BCUT2D eigenvalue weighted by molar-refractivity contribution is 5.30. The first-order chi connectivity index (χ1) is 7.18. The van der Waals surface area contributed by atoms with Crippen molar-refractivity contribution >= 4 is 5.95 Å². The third-order valence-corrected chi connectivity index (χ3v) is 2.40. The summed E-state index contributed by atoms with van der Waals surface area (Å²) in [6.07, 6.45) is 1.06. The molecule has 82 valence electrons. The number of alkyl halides is 1. The molecule has 0 amide bonds. The fraction of sp³-hybridized carbons (Fsp3) is 0.556. The third kappa shape index (κ3) is 2.04. The first-order valence-corrected chi connectivity index (χ1v) is 4.60. The maximum absolute atomic E-state index is 13.3. The monoisotopic (exact) mass is 215 g/mol. The summed E-state index contributed by atoms with van der Waals surface area (Å²) in [4.78, 5) is 9.12. The van der Waals surface area contributed by atoms with Crippen LogP contribution in [0.5, 0.6) is 0 Å². The van der Waals surface area contributed by atoms with Crippen molar-refractivity contribution in [1.29, 1.82) is 0 Å². The topological polar surface area (TPSA) is 38.2 Å². The van der Waals surface area contributed by atoms with E-state index in [2.05, 4.69) is 9.97 Å². The van der Waals surface area contributed by atoms with Crippen LogP contribution in [0.2, 0.25) is 0 Å². The van der Waals surface area contributed by atoms with Crippen LogP contribution in [-0.2, 0) is 4.74 Å². The molecule has 1 fully saturated rings. The molecular weight excluding hydrogens is 204 g/mol. The summed E-state index contributed by atoms with van der Waals surface area (Å²) in [6, 6.07) is -0.393. The summed E-state index contributed by atoms with van der Waals surface area (Å²) >= 11 is 0. The maximum atomic E-state index is 13.3. The van der Waals surface area contributed by atoms with Gasteiger partial charge in [-0.2, -0.15) is 0 Å². The molecule has 1 aliphatic heterocycles. The number of halogens is 2. The van der Waals surface area contributed by atoms with E-state index in [1.165, 1.54) is 0 Å².